The van der Waals surface area contributed by atoms with Gasteiger partial charge in [0.05, 0.1) is 10.0 Å². The molecule has 7 heteroatoms. The highest BCUT2D eigenvalue weighted by Crippen LogP contribution is 2.25. The molecule has 3 amide bonds. The van der Waals surface area contributed by atoms with Crippen molar-refractivity contribution in [1.29, 1.82) is 0 Å². The Balaban J connectivity index is 2.08. The van der Waals surface area contributed by atoms with Crippen molar-refractivity contribution in [2.75, 3.05) is 18.4 Å². The van der Waals surface area contributed by atoms with E-state index < -0.39 is 6.04 Å². The number of halogens is 2. The third-order valence-electron chi connectivity index (χ3n) is 2.93. The summed E-state index contributed by atoms with van der Waals surface area (Å²) >= 11 is 11.7. The van der Waals surface area contributed by atoms with Gasteiger partial charge >= 0.3 is 6.03 Å². The maximum Gasteiger partial charge on any atom is 0.322 e. The summed E-state index contributed by atoms with van der Waals surface area (Å²) in [5, 5.41) is 6.18. The van der Waals surface area contributed by atoms with Gasteiger partial charge in [-0.25, -0.2) is 4.79 Å². The molecule has 102 valence electrons. The second kappa shape index (κ2) is 5.67. The van der Waals surface area contributed by atoms with Crippen molar-refractivity contribution in [3.05, 3.63) is 28.2 Å². The van der Waals surface area contributed by atoms with Crippen molar-refractivity contribution < 1.29 is 9.59 Å². The van der Waals surface area contributed by atoms with E-state index in [0.717, 1.165) is 0 Å². The van der Waals surface area contributed by atoms with Crippen LogP contribution in [-0.2, 0) is 4.79 Å². The monoisotopic (exact) mass is 301 g/mol. The molecular weight excluding hydrogens is 289 g/mol. The maximum absolute atomic E-state index is 12.1. The zero-order valence-corrected chi connectivity index (χ0v) is 11.8. The molecule has 19 heavy (non-hydrogen) atoms. The van der Waals surface area contributed by atoms with Crippen molar-refractivity contribution in [1.82, 2.24) is 10.2 Å². The van der Waals surface area contributed by atoms with Gasteiger partial charge in [-0.05, 0) is 25.1 Å². The zero-order chi connectivity index (χ0) is 14.0. The summed E-state index contributed by atoms with van der Waals surface area (Å²) in [4.78, 5) is 25.0. The Kier molecular flexibility index (Phi) is 4.17. The Bertz CT molecular complexity index is 522. The number of benzene rings is 1. The summed E-state index contributed by atoms with van der Waals surface area (Å²) in [7, 11) is 0. The van der Waals surface area contributed by atoms with Gasteiger partial charge in [-0.15, -0.1) is 0 Å². The number of nitrogens with one attached hydrogen (secondary N) is 2. The fourth-order valence-corrected chi connectivity index (χ4v) is 2.13. The van der Waals surface area contributed by atoms with E-state index in [1.54, 1.807) is 25.1 Å². The SMILES string of the molecule is CC1C(=O)NCCN1C(=O)Nc1ccc(Cl)c(Cl)c1. The molecule has 1 unspecified atom stereocenters. The van der Waals surface area contributed by atoms with Crippen molar-refractivity contribution >= 4 is 40.8 Å². The molecule has 1 aliphatic heterocycles. The first-order valence-corrected chi connectivity index (χ1v) is 6.55. The van der Waals surface area contributed by atoms with Crippen LogP contribution >= 0.6 is 23.2 Å². The molecule has 2 rings (SSSR count). The zero-order valence-electron chi connectivity index (χ0n) is 10.2. The van der Waals surface area contributed by atoms with Gasteiger partial charge in [0.15, 0.2) is 0 Å². The average Bonchev–Trinajstić information content (AvgIpc) is 2.37. The van der Waals surface area contributed by atoms with Crippen molar-refractivity contribution in [3.8, 4) is 0 Å². The van der Waals surface area contributed by atoms with Crippen molar-refractivity contribution in [3.63, 3.8) is 0 Å². The van der Waals surface area contributed by atoms with E-state index in [0.29, 0.717) is 28.8 Å². The lowest BCUT2D eigenvalue weighted by molar-refractivity contribution is -0.126. The number of carbonyl (C=O) groups excluding carboxylic acids is 2. The first kappa shape index (κ1) is 14.0. The molecule has 0 aliphatic carbocycles. The molecule has 0 saturated carbocycles. The molecule has 5 nitrogen and oxygen atoms in total. The van der Waals surface area contributed by atoms with E-state index in [1.165, 1.54) is 4.90 Å². The fourth-order valence-electron chi connectivity index (χ4n) is 1.83. The van der Waals surface area contributed by atoms with Crippen LogP contribution in [0.25, 0.3) is 0 Å². The number of carbonyl (C=O) groups is 2. The lowest BCUT2D eigenvalue weighted by Gasteiger charge is -2.32. The molecule has 1 aromatic carbocycles. The van der Waals surface area contributed by atoms with Crippen LogP contribution < -0.4 is 10.6 Å². The van der Waals surface area contributed by atoms with Gasteiger partial charge < -0.3 is 15.5 Å². The maximum atomic E-state index is 12.1. The van der Waals surface area contributed by atoms with Crippen LogP contribution in [0.15, 0.2) is 18.2 Å². The van der Waals surface area contributed by atoms with Crippen molar-refractivity contribution in [2.24, 2.45) is 0 Å². The standard InChI is InChI=1S/C12H13Cl2N3O2/c1-7-11(18)15-4-5-17(7)12(19)16-8-2-3-9(13)10(14)6-8/h2-3,6-7H,4-5H2,1H3,(H,15,18)(H,16,19). The topological polar surface area (TPSA) is 61.4 Å². The number of rotatable bonds is 1. The largest absolute Gasteiger partial charge is 0.353 e. The third-order valence-corrected chi connectivity index (χ3v) is 3.67. The molecule has 0 bridgehead atoms. The third kappa shape index (κ3) is 3.11. The first-order chi connectivity index (χ1) is 8.99. The minimum Gasteiger partial charge on any atom is -0.353 e. The Labute approximate surface area is 120 Å². The van der Waals surface area contributed by atoms with E-state index in [9.17, 15) is 9.59 Å². The number of nitrogens with zero attached hydrogens (tertiary/aromatic N) is 1. The average molecular weight is 302 g/mol. The molecule has 1 aromatic rings. The molecule has 1 fully saturated rings. The van der Waals surface area contributed by atoms with Gasteiger partial charge in [-0.1, -0.05) is 23.2 Å². The molecule has 1 saturated heterocycles. The van der Waals surface area contributed by atoms with Crippen LogP contribution in [-0.4, -0.2) is 36.0 Å². The molecule has 2 N–H and O–H groups in total. The lowest BCUT2D eigenvalue weighted by Crippen LogP contribution is -2.56. The van der Waals surface area contributed by atoms with Crippen LogP contribution in [0.2, 0.25) is 10.0 Å². The Morgan fingerprint density at radius 2 is 2.16 bits per heavy atom. The molecule has 0 aromatic heterocycles. The fraction of sp³-hybridized carbons (Fsp3) is 0.333. The van der Waals surface area contributed by atoms with Crippen LogP contribution in [0.5, 0.6) is 0 Å². The second-order valence-electron chi connectivity index (χ2n) is 4.22. The highest BCUT2D eigenvalue weighted by molar-refractivity contribution is 6.42. The quantitative estimate of drug-likeness (QED) is 0.836. The summed E-state index contributed by atoms with van der Waals surface area (Å²) in [6.45, 7) is 2.61. The minimum absolute atomic E-state index is 0.157. The second-order valence-corrected chi connectivity index (χ2v) is 5.03. The highest BCUT2D eigenvalue weighted by Gasteiger charge is 2.29. The molecule has 0 spiro atoms. The first-order valence-electron chi connectivity index (χ1n) is 5.79. The number of urea groups is 1. The van der Waals surface area contributed by atoms with E-state index in [1.807, 2.05) is 0 Å². The van der Waals surface area contributed by atoms with E-state index >= 15 is 0 Å². The Morgan fingerprint density at radius 3 is 2.84 bits per heavy atom. The Hall–Kier alpha value is -1.46. The molecule has 1 heterocycles. The number of hydrogen-bond donors (Lipinski definition) is 2. The predicted molar refractivity (Wildman–Crippen MR) is 74.7 cm³/mol. The Morgan fingerprint density at radius 1 is 1.42 bits per heavy atom. The summed E-state index contributed by atoms with van der Waals surface area (Å²) in [6, 6.07) is 4.00. The lowest BCUT2D eigenvalue weighted by atomic mass is 10.2. The van der Waals surface area contributed by atoms with Gasteiger partial charge in [0, 0.05) is 18.8 Å². The number of amides is 3. The summed E-state index contributed by atoms with van der Waals surface area (Å²) in [5.41, 5.74) is 0.539. The number of hydrogen-bond acceptors (Lipinski definition) is 2. The predicted octanol–water partition coefficient (Wildman–Crippen LogP) is 2.35. The van der Waals surface area contributed by atoms with Crippen LogP contribution in [0.3, 0.4) is 0 Å². The molecule has 0 radical (unpaired) electrons. The normalized spacial score (nSPS) is 19.0. The van der Waals surface area contributed by atoms with E-state index in [4.69, 9.17) is 23.2 Å². The van der Waals surface area contributed by atoms with Gasteiger partial charge in [0.2, 0.25) is 5.91 Å². The van der Waals surface area contributed by atoms with Gasteiger partial charge in [0.1, 0.15) is 6.04 Å². The van der Waals surface area contributed by atoms with Crippen LogP contribution in [0, 0.1) is 0 Å². The number of anilines is 1. The summed E-state index contributed by atoms with van der Waals surface area (Å²) < 4.78 is 0. The van der Waals surface area contributed by atoms with Crippen LogP contribution in [0.4, 0.5) is 10.5 Å². The smallest absolute Gasteiger partial charge is 0.322 e. The van der Waals surface area contributed by atoms with Crippen molar-refractivity contribution in [2.45, 2.75) is 13.0 Å². The summed E-state index contributed by atoms with van der Waals surface area (Å²) in [6.07, 6.45) is 0. The van der Waals surface area contributed by atoms with Crippen LogP contribution in [0.1, 0.15) is 6.92 Å². The highest BCUT2D eigenvalue weighted by atomic mass is 35.5. The molecule has 1 atom stereocenters. The van der Waals surface area contributed by atoms with Gasteiger partial charge in [0.25, 0.3) is 0 Å². The van der Waals surface area contributed by atoms with E-state index in [-0.39, 0.29) is 11.9 Å². The summed E-state index contributed by atoms with van der Waals surface area (Å²) in [5.74, 6) is -0.157. The number of piperazine rings is 1. The molecular formula is C12H13Cl2N3O2. The van der Waals surface area contributed by atoms with Gasteiger partial charge in [-0.3, -0.25) is 4.79 Å². The van der Waals surface area contributed by atoms with Gasteiger partial charge in [-0.2, -0.15) is 0 Å². The molecule has 1 aliphatic rings. The minimum atomic E-state index is -0.489. The van der Waals surface area contributed by atoms with E-state index in [2.05, 4.69) is 10.6 Å².